The lowest BCUT2D eigenvalue weighted by Gasteiger charge is -2.24. The zero-order valence-corrected chi connectivity index (χ0v) is 9.18. The number of hydrogen-bond donors (Lipinski definition) is 1. The molecule has 0 atom stereocenters. The zero-order valence-electron chi connectivity index (χ0n) is 8.36. The number of rotatable bonds is 5. The first kappa shape index (κ1) is 10.7. The molecular weight excluding hydrogens is 180 g/mol. The van der Waals surface area contributed by atoms with Gasteiger partial charge in [0.1, 0.15) is 0 Å². The zero-order chi connectivity index (χ0) is 9.68. The van der Waals surface area contributed by atoms with Crippen LogP contribution in [-0.4, -0.2) is 24.0 Å². The van der Waals surface area contributed by atoms with Gasteiger partial charge < -0.3 is 5.73 Å². The van der Waals surface area contributed by atoms with Crippen LogP contribution in [0.25, 0.3) is 0 Å². The fraction of sp³-hybridized carbons (Fsp3) is 0.600. The van der Waals surface area contributed by atoms with Crippen LogP contribution in [0.5, 0.6) is 0 Å². The summed E-state index contributed by atoms with van der Waals surface area (Å²) in [4.78, 5) is 3.81. The first-order valence-corrected chi connectivity index (χ1v) is 5.58. The Balaban J connectivity index is 2.47. The van der Waals surface area contributed by atoms with Crippen LogP contribution in [0.1, 0.15) is 18.7 Å². The van der Waals surface area contributed by atoms with Gasteiger partial charge in [0.15, 0.2) is 0 Å². The van der Waals surface area contributed by atoms with E-state index in [0.717, 1.165) is 19.6 Å². The third-order valence-electron chi connectivity index (χ3n) is 2.09. The van der Waals surface area contributed by atoms with E-state index in [9.17, 15) is 0 Å². The van der Waals surface area contributed by atoms with E-state index in [-0.39, 0.29) is 0 Å². The summed E-state index contributed by atoms with van der Waals surface area (Å²) < 4.78 is 0. The van der Waals surface area contributed by atoms with Crippen molar-refractivity contribution in [3.05, 3.63) is 22.4 Å². The van der Waals surface area contributed by atoms with Crippen molar-refractivity contribution < 1.29 is 0 Å². The summed E-state index contributed by atoms with van der Waals surface area (Å²) in [5, 5.41) is 2.12. The van der Waals surface area contributed by atoms with Crippen molar-refractivity contribution in [1.82, 2.24) is 4.90 Å². The van der Waals surface area contributed by atoms with Gasteiger partial charge in [-0.05, 0) is 25.3 Å². The van der Waals surface area contributed by atoms with Gasteiger partial charge in [0.2, 0.25) is 0 Å². The van der Waals surface area contributed by atoms with Gasteiger partial charge in [0.05, 0.1) is 0 Å². The Morgan fingerprint density at radius 1 is 1.54 bits per heavy atom. The smallest absolute Gasteiger partial charge is 0.0331 e. The maximum atomic E-state index is 5.56. The summed E-state index contributed by atoms with van der Waals surface area (Å²) >= 11 is 1.81. The molecule has 2 N–H and O–H groups in total. The van der Waals surface area contributed by atoms with Crippen LogP contribution in [0.4, 0.5) is 0 Å². The SMILES string of the molecule is CC(C)N(CCN)Cc1cccs1. The van der Waals surface area contributed by atoms with Gasteiger partial charge in [-0.3, -0.25) is 4.90 Å². The maximum absolute atomic E-state index is 5.56. The first-order valence-electron chi connectivity index (χ1n) is 4.70. The van der Waals surface area contributed by atoms with Crippen molar-refractivity contribution in [2.45, 2.75) is 26.4 Å². The van der Waals surface area contributed by atoms with Gasteiger partial charge in [-0.15, -0.1) is 11.3 Å². The van der Waals surface area contributed by atoms with Crippen molar-refractivity contribution >= 4 is 11.3 Å². The highest BCUT2D eigenvalue weighted by Crippen LogP contribution is 2.13. The quantitative estimate of drug-likeness (QED) is 0.783. The molecule has 0 radical (unpaired) electrons. The Bertz CT molecular complexity index is 219. The molecule has 1 aromatic heterocycles. The molecule has 0 aliphatic heterocycles. The minimum absolute atomic E-state index is 0.575. The Morgan fingerprint density at radius 2 is 2.31 bits per heavy atom. The van der Waals surface area contributed by atoms with Crippen LogP contribution < -0.4 is 5.73 Å². The Hall–Kier alpha value is -0.380. The Morgan fingerprint density at radius 3 is 2.77 bits per heavy atom. The minimum atomic E-state index is 0.575. The Kier molecular flexibility index (Phi) is 4.42. The van der Waals surface area contributed by atoms with E-state index in [0.29, 0.717) is 6.04 Å². The summed E-state index contributed by atoms with van der Waals surface area (Å²) in [6.07, 6.45) is 0. The van der Waals surface area contributed by atoms with Crippen molar-refractivity contribution in [2.75, 3.05) is 13.1 Å². The van der Waals surface area contributed by atoms with Crippen molar-refractivity contribution in [1.29, 1.82) is 0 Å². The molecule has 0 bridgehead atoms. The number of hydrogen-bond acceptors (Lipinski definition) is 3. The standard InChI is InChI=1S/C10H18N2S/c1-9(2)12(6-5-11)8-10-4-3-7-13-10/h3-4,7,9H,5-6,8,11H2,1-2H3. The van der Waals surface area contributed by atoms with Crippen LogP contribution in [0.2, 0.25) is 0 Å². The Labute approximate surface area is 84.4 Å². The summed E-state index contributed by atoms with van der Waals surface area (Å²) in [6.45, 7) is 7.18. The summed E-state index contributed by atoms with van der Waals surface area (Å²) in [7, 11) is 0. The van der Waals surface area contributed by atoms with E-state index in [1.807, 2.05) is 11.3 Å². The highest BCUT2D eigenvalue weighted by Gasteiger charge is 2.08. The lowest BCUT2D eigenvalue weighted by molar-refractivity contribution is 0.221. The van der Waals surface area contributed by atoms with E-state index in [4.69, 9.17) is 5.73 Å². The van der Waals surface area contributed by atoms with Gasteiger partial charge >= 0.3 is 0 Å². The topological polar surface area (TPSA) is 29.3 Å². The van der Waals surface area contributed by atoms with Crippen LogP contribution >= 0.6 is 11.3 Å². The molecular formula is C10H18N2S. The van der Waals surface area contributed by atoms with Crippen molar-refractivity contribution in [3.8, 4) is 0 Å². The molecule has 0 saturated heterocycles. The second-order valence-corrected chi connectivity index (χ2v) is 4.46. The molecule has 0 aromatic carbocycles. The second kappa shape index (κ2) is 5.37. The highest BCUT2D eigenvalue weighted by molar-refractivity contribution is 7.09. The fourth-order valence-corrected chi connectivity index (χ4v) is 2.02. The van der Waals surface area contributed by atoms with E-state index >= 15 is 0 Å². The lowest BCUT2D eigenvalue weighted by Crippen LogP contribution is -2.34. The van der Waals surface area contributed by atoms with Gasteiger partial charge in [-0.1, -0.05) is 6.07 Å². The van der Waals surface area contributed by atoms with Gasteiger partial charge in [0, 0.05) is 30.6 Å². The molecule has 0 saturated carbocycles. The van der Waals surface area contributed by atoms with E-state index in [1.54, 1.807) is 0 Å². The summed E-state index contributed by atoms with van der Waals surface area (Å²) in [5.74, 6) is 0. The molecule has 0 spiro atoms. The monoisotopic (exact) mass is 198 g/mol. The van der Waals surface area contributed by atoms with Gasteiger partial charge in [-0.25, -0.2) is 0 Å². The molecule has 1 rings (SSSR count). The molecule has 2 nitrogen and oxygen atoms in total. The van der Waals surface area contributed by atoms with Gasteiger partial charge in [0.25, 0.3) is 0 Å². The predicted octanol–water partition coefficient (Wildman–Crippen LogP) is 1.92. The molecule has 0 unspecified atom stereocenters. The van der Waals surface area contributed by atoms with Crippen molar-refractivity contribution in [3.63, 3.8) is 0 Å². The largest absolute Gasteiger partial charge is 0.329 e. The molecule has 0 aliphatic rings. The normalized spacial score (nSPS) is 11.5. The fourth-order valence-electron chi connectivity index (χ4n) is 1.29. The first-order chi connectivity index (χ1) is 6.24. The average molecular weight is 198 g/mol. The average Bonchev–Trinajstić information content (AvgIpc) is 2.56. The van der Waals surface area contributed by atoms with Gasteiger partial charge in [-0.2, -0.15) is 0 Å². The number of thiophene rings is 1. The third-order valence-corrected chi connectivity index (χ3v) is 2.95. The maximum Gasteiger partial charge on any atom is 0.0331 e. The highest BCUT2D eigenvalue weighted by atomic mass is 32.1. The van der Waals surface area contributed by atoms with E-state index < -0.39 is 0 Å². The van der Waals surface area contributed by atoms with E-state index in [1.165, 1.54) is 4.88 Å². The summed E-state index contributed by atoms with van der Waals surface area (Å²) in [6, 6.07) is 4.85. The van der Waals surface area contributed by atoms with Crippen LogP contribution in [0.3, 0.4) is 0 Å². The van der Waals surface area contributed by atoms with Crippen LogP contribution in [0, 0.1) is 0 Å². The molecule has 0 aliphatic carbocycles. The molecule has 1 heterocycles. The third kappa shape index (κ3) is 3.46. The number of nitrogens with zero attached hydrogens (tertiary/aromatic N) is 1. The second-order valence-electron chi connectivity index (χ2n) is 3.43. The molecule has 0 amide bonds. The van der Waals surface area contributed by atoms with Crippen molar-refractivity contribution in [2.24, 2.45) is 5.73 Å². The molecule has 0 fully saturated rings. The minimum Gasteiger partial charge on any atom is -0.329 e. The lowest BCUT2D eigenvalue weighted by atomic mass is 10.3. The summed E-state index contributed by atoms with van der Waals surface area (Å²) in [5.41, 5.74) is 5.56. The molecule has 13 heavy (non-hydrogen) atoms. The number of nitrogens with two attached hydrogens (primary N) is 1. The predicted molar refractivity (Wildman–Crippen MR) is 58.9 cm³/mol. The van der Waals surface area contributed by atoms with E-state index in [2.05, 4.69) is 36.3 Å². The van der Waals surface area contributed by atoms with Crippen LogP contribution in [-0.2, 0) is 6.54 Å². The molecule has 1 aromatic rings. The molecule has 3 heteroatoms. The van der Waals surface area contributed by atoms with Crippen LogP contribution in [0.15, 0.2) is 17.5 Å². The molecule has 74 valence electrons.